The molecule has 2 aliphatic rings. The fraction of sp³-hybridized carbons (Fsp3) is 0.320. The van der Waals surface area contributed by atoms with E-state index in [2.05, 4.69) is 6.92 Å². The van der Waals surface area contributed by atoms with Crippen molar-refractivity contribution in [2.24, 2.45) is 5.92 Å². The molecule has 0 radical (unpaired) electrons. The van der Waals surface area contributed by atoms with Crippen LogP contribution in [-0.4, -0.2) is 46.5 Å². The third-order valence-corrected chi connectivity index (χ3v) is 6.74. The zero-order valence-electron chi connectivity index (χ0n) is 18.3. The number of rotatable bonds is 6. The number of thioether (sulfide) groups is 1. The van der Waals surface area contributed by atoms with Crippen molar-refractivity contribution in [1.82, 2.24) is 9.80 Å². The Hall–Kier alpha value is -3.13. The Morgan fingerprint density at radius 2 is 1.82 bits per heavy atom. The highest BCUT2D eigenvalue weighted by molar-refractivity contribution is 8.18. The SMILES string of the molecule is CC1CCN(C(=O)CN2C(=O)S/C(=C/c3ccc(OCc4ccccc4F)cc3)C2=O)CC1. The summed E-state index contributed by atoms with van der Waals surface area (Å²) in [5, 5.41) is -0.435. The Kier molecular flexibility index (Phi) is 7.13. The summed E-state index contributed by atoms with van der Waals surface area (Å²) in [6, 6.07) is 13.4. The monoisotopic (exact) mass is 468 g/mol. The average molecular weight is 469 g/mol. The van der Waals surface area contributed by atoms with Crippen LogP contribution in [0, 0.1) is 11.7 Å². The van der Waals surface area contributed by atoms with Crippen LogP contribution in [0.5, 0.6) is 5.75 Å². The zero-order valence-corrected chi connectivity index (χ0v) is 19.1. The molecule has 172 valence electrons. The van der Waals surface area contributed by atoms with Crippen molar-refractivity contribution < 1.29 is 23.5 Å². The lowest BCUT2D eigenvalue weighted by Gasteiger charge is -2.31. The van der Waals surface area contributed by atoms with Gasteiger partial charge in [-0.1, -0.05) is 37.3 Å². The molecule has 0 unspecified atom stereocenters. The van der Waals surface area contributed by atoms with Crippen molar-refractivity contribution in [2.75, 3.05) is 19.6 Å². The lowest BCUT2D eigenvalue weighted by Crippen LogP contribution is -2.45. The molecule has 3 amide bonds. The summed E-state index contributed by atoms with van der Waals surface area (Å²) in [7, 11) is 0. The molecule has 0 atom stereocenters. The fourth-order valence-electron chi connectivity index (χ4n) is 3.72. The third kappa shape index (κ3) is 5.63. The minimum absolute atomic E-state index is 0.106. The van der Waals surface area contributed by atoms with Gasteiger partial charge in [0.2, 0.25) is 5.91 Å². The van der Waals surface area contributed by atoms with Gasteiger partial charge < -0.3 is 9.64 Å². The normalized spacial score (nSPS) is 18.3. The largest absolute Gasteiger partial charge is 0.489 e. The summed E-state index contributed by atoms with van der Waals surface area (Å²) >= 11 is 0.834. The Balaban J connectivity index is 1.35. The molecule has 4 rings (SSSR count). The molecule has 0 aromatic heterocycles. The van der Waals surface area contributed by atoms with Gasteiger partial charge >= 0.3 is 0 Å². The first-order valence-corrected chi connectivity index (χ1v) is 11.7. The molecule has 0 saturated carbocycles. The van der Waals surface area contributed by atoms with Crippen molar-refractivity contribution in [3.8, 4) is 5.75 Å². The molecule has 2 saturated heterocycles. The molecule has 0 spiro atoms. The van der Waals surface area contributed by atoms with E-state index in [0.29, 0.717) is 30.3 Å². The number of hydrogen-bond donors (Lipinski definition) is 0. The lowest BCUT2D eigenvalue weighted by molar-refractivity contribution is -0.136. The third-order valence-electron chi connectivity index (χ3n) is 5.83. The maximum Gasteiger partial charge on any atom is 0.294 e. The van der Waals surface area contributed by atoms with Gasteiger partial charge in [0.05, 0.1) is 4.91 Å². The molecule has 0 aliphatic carbocycles. The minimum Gasteiger partial charge on any atom is -0.489 e. The van der Waals surface area contributed by atoms with E-state index in [1.54, 1.807) is 53.4 Å². The Labute approximate surface area is 196 Å². The van der Waals surface area contributed by atoms with Crippen molar-refractivity contribution >= 4 is 34.9 Å². The molecule has 0 N–H and O–H groups in total. The van der Waals surface area contributed by atoms with Crippen molar-refractivity contribution in [2.45, 2.75) is 26.4 Å². The van der Waals surface area contributed by atoms with Crippen LogP contribution in [0.15, 0.2) is 53.4 Å². The number of halogens is 1. The van der Waals surface area contributed by atoms with Crippen molar-refractivity contribution in [3.63, 3.8) is 0 Å². The van der Waals surface area contributed by atoms with Crippen LogP contribution in [0.1, 0.15) is 30.9 Å². The van der Waals surface area contributed by atoms with Crippen LogP contribution in [-0.2, 0) is 16.2 Å². The number of imide groups is 1. The Morgan fingerprint density at radius 3 is 2.52 bits per heavy atom. The maximum absolute atomic E-state index is 13.7. The Morgan fingerprint density at radius 1 is 1.12 bits per heavy atom. The molecule has 2 fully saturated rings. The number of hydrogen-bond acceptors (Lipinski definition) is 5. The standard InChI is InChI=1S/C25H25FN2O4S/c1-17-10-12-27(13-11-17)23(29)15-28-24(30)22(33-25(28)31)14-18-6-8-20(9-7-18)32-16-19-4-2-3-5-21(19)26/h2-9,14,17H,10-13,15-16H2,1H3/b22-14+. The van der Waals surface area contributed by atoms with Crippen LogP contribution in [0.3, 0.4) is 0 Å². The minimum atomic E-state index is -0.455. The van der Waals surface area contributed by atoms with E-state index in [4.69, 9.17) is 4.74 Å². The Bertz CT molecular complexity index is 1080. The highest BCUT2D eigenvalue weighted by atomic mass is 32.2. The molecule has 6 nitrogen and oxygen atoms in total. The lowest BCUT2D eigenvalue weighted by atomic mass is 9.99. The maximum atomic E-state index is 13.7. The molecule has 2 aromatic carbocycles. The van der Waals surface area contributed by atoms with Crippen molar-refractivity contribution in [1.29, 1.82) is 0 Å². The molecule has 2 aliphatic heterocycles. The molecule has 2 heterocycles. The number of nitrogens with zero attached hydrogens (tertiary/aromatic N) is 2. The summed E-state index contributed by atoms with van der Waals surface area (Å²) in [6.45, 7) is 3.37. The van der Waals surface area contributed by atoms with E-state index in [-0.39, 0.29) is 29.8 Å². The van der Waals surface area contributed by atoms with Gasteiger partial charge in [-0.15, -0.1) is 0 Å². The van der Waals surface area contributed by atoms with E-state index >= 15 is 0 Å². The zero-order chi connectivity index (χ0) is 23.4. The van der Waals surface area contributed by atoms with E-state index in [1.807, 2.05) is 0 Å². The van der Waals surface area contributed by atoms with E-state index in [9.17, 15) is 18.8 Å². The van der Waals surface area contributed by atoms with Crippen LogP contribution in [0.2, 0.25) is 0 Å². The fourth-order valence-corrected chi connectivity index (χ4v) is 4.56. The highest BCUT2D eigenvalue weighted by Crippen LogP contribution is 2.32. The van der Waals surface area contributed by atoms with Gasteiger partial charge in [0.15, 0.2) is 0 Å². The van der Waals surface area contributed by atoms with Crippen molar-refractivity contribution in [3.05, 3.63) is 70.4 Å². The molecule has 8 heteroatoms. The van der Waals surface area contributed by atoms with Crippen LogP contribution in [0.4, 0.5) is 9.18 Å². The number of likely N-dealkylation sites (tertiary alicyclic amines) is 1. The summed E-state index contributed by atoms with van der Waals surface area (Å²) in [5.41, 5.74) is 1.18. The number of amides is 3. The van der Waals surface area contributed by atoms with E-state index in [1.165, 1.54) is 6.07 Å². The predicted octanol–water partition coefficient (Wildman–Crippen LogP) is 4.70. The predicted molar refractivity (Wildman–Crippen MR) is 125 cm³/mol. The van der Waals surface area contributed by atoms with E-state index in [0.717, 1.165) is 35.1 Å². The van der Waals surface area contributed by atoms with E-state index < -0.39 is 11.1 Å². The van der Waals surface area contributed by atoms with Crippen LogP contribution in [0.25, 0.3) is 6.08 Å². The first-order chi connectivity index (χ1) is 15.9. The second kappa shape index (κ2) is 10.2. The molecular formula is C25H25FN2O4S. The quantitative estimate of drug-likeness (QED) is 0.575. The van der Waals surface area contributed by atoms with Crippen LogP contribution >= 0.6 is 11.8 Å². The molecule has 2 aromatic rings. The molecule has 0 bridgehead atoms. The van der Waals surface area contributed by atoms with Gasteiger partial charge in [-0.05, 0) is 60.4 Å². The second-order valence-electron chi connectivity index (χ2n) is 8.28. The van der Waals surface area contributed by atoms with Gasteiger partial charge in [0.1, 0.15) is 24.7 Å². The number of carbonyl (C=O) groups is 3. The molecular weight excluding hydrogens is 443 g/mol. The smallest absolute Gasteiger partial charge is 0.294 e. The first-order valence-electron chi connectivity index (χ1n) is 10.9. The second-order valence-corrected chi connectivity index (χ2v) is 9.27. The van der Waals surface area contributed by atoms with Crippen LogP contribution < -0.4 is 4.74 Å². The number of ether oxygens (including phenoxy) is 1. The highest BCUT2D eigenvalue weighted by Gasteiger charge is 2.37. The number of benzene rings is 2. The van der Waals surface area contributed by atoms with Gasteiger partial charge in [-0.25, -0.2) is 4.39 Å². The average Bonchev–Trinajstić information content (AvgIpc) is 3.07. The van der Waals surface area contributed by atoms with Gasteiger partial charge in [0, 0.05) is 18.7 Å². The summed E-state index contributed by atoms with van der Waals surface area (Å²) in [5.74, 6) is 0.180. The molecule has 33 heavy (non-hydrogen) atoms. The topological polar surface area (TPSA) is 66.9 Å². The summed E-state index contributed by atoms with van der Waals surface area (Å²) < 4.78 is 19.3. The summed E-state index contributed by atoms with van der Waals surface area (Å²) in [6.07, 6.45) is 3.50. The number of carbonyl (C=O) groups excluding carboxylic acids is 3. The van der Waals surface area contributed by atoms with Gasteiger partial charge in [-0.2, -0.15) is 0 Å². The summed E-state index contributed by atoms with van der Waals surface area (Å²) in [4.78, 5) is 40.7. The number of piperidine rings is 1. The first kappa shape index (κ1) is 23.0. The van der Waals surface area contributed by atoms with Gasteiger partial charge in [0.25, 0.3) is 11.1 Å². The van der Waals surface area contributed by atoms with Gasteiger partial charge in [-0.3, -0.25) is 19.3 Å².